The van der Waals surface area contributed by atoms with Gasteiger partial charge in [-0.25, -0.2) is 0 Å². The minimum atomic E-state index is -2.02. The van der Waals surface area contributed by atoms with Crippen molar-refractivity contribution < 1.29 is 50.0 Å². The molecule has 0 aromatic rings. The van der Waals surface area contributed by atoms with Gasteiger partial charge in [0.15, 0.2) is 0 Å². The van der Waals surface area contributed by atoms with Crippen molar-refractivity contribution in [3.63, 3.8) is 0 Å². The molecule has 0 amide bonds. The van der Waals surface area contributed by atoms with Crippen LogP contribution in [0.3, 0.4) is 0 Å². The summed E-state index contributed by atoms with van der Waals surface area (Å²) in [6.07, 6.45) is 5.82. The number of carbonyl (C=O) groups is 1. The van der Waals surface area contributed by atoms with Crippen LogP contribution in [0, 0.1) is 59.2 Å². The largest absolute Gasteiger partial charge is 0.393 e. The lowest BCUT2D eigenvalue weighted by Crippen LogP contribution is -2.73. The fourth-order valence-corrected chi connectivity index (χ4v) is 11.8. The van der Waals surface area contributed by atoms with Crippen LogP contribution in [0.1, 0.15) is 118 Å². The van der Waals surface area contributed by atoms with E-state index in [1.165, 1.54) is 6.92 Å². The second-order valence-electron chi connectivity index (χ2n) is 16.5. The zero-order valence-corrected chi connectivity index (χ0v) is 29.8. The van der Waals surface area contributed by atoms with E-state index in [-0.39, 0.29) is 24.2 Å². The maximum Gasteiger partial charge on any atom is 0.283 e. The Hall–Kier alpha value is -0.690. The predicted molar refractivity (Wildman–Crippen MR) is 179 cm³/mol. The first-order valence-corrected chi connectivity index (χ1v) is 19.4. The Bertz CT molecular complexity index is 1050. The summed E-state index contributed by atoms with van der Waals surface area (Å²) in [5.74, 6) is -4.12. The molecule has 0 saturated heterocycles. The van der Waals surface area contributed by atoms with Gasteiger partial charge in [-0.3, -0.25) is 4.79 Å². The van der Waals surface area contributed by atoms with Crippen molar-refractivity contribution in [1.82, 2.24) is 0 Å². The molecule has 0 aliphatic heterocycles. The van der Waals surface area contributed by atoms with Gasteiger partial charge in [0.05, 0.1) is 36.4 Å². The summed E-state index contributed by atoms with van der Waals surface area (Å²) in [4.78, 5) is 12.3. The third-order valence-corrected chi connectivity index (χ3v) is 13.9. The third-order valence-electron chi connectivity index (χ3n) is 13.9. The van der Waals surface area contributed by atoms with Crippen LogP contribution in [0.25, 0.3) is 0 Å². The van der Waals surface area contributed by atoms with E-state index in [2.05, 4.69) is 6.92 Å². The Morgan fingerprint density at radius 1 is 0.812 bits per heavy atom. The van der Waals surface area contributed by atoms with Gasteiger partial charge in [0.1, 0.15) is 11.4 Å². The predicted octanol–water partition coefficient (Wildman–Crippen LogP) is 3.54. The molecule has 48 heavy (non-hydrogen) atoms. The lowest BCUT2D eigenvalue weighted by molar-refractivity contribution is -0.386. The molecule has 5 saturated carbocycles. The number of hydrogen-bond donors (Lipinski definition) is 7. The van der Waals surface area contributed by atoms with Crippen LogP contribution in [0.15, 0.2) is 0 Å². The first-order valence-electron chi connectivity index (χ1n) is 19.4. The van der Waals surface area contributed by atoms with E-state index in [1.807, 2.05) is 13.8 Å². The van der Waals surface area contributed by atoms with Gasteiger partial charge in [-0.15, -0.1) is 0 Å². The fraction of sp³-hybridized carbons (Fsp3) is 0.974. The van der Waals surface area contributed by atoms with E-state index >= 15 is 0 Å². The molecule has 10 nitrogen and oxygen atoms in total. The standard InChI is InChI=1S/C38H66O10/c1-5-8-9-13-25(38(46,47-6-2)48-7-3)17-22-11-10-12-23(16-22)27-14-15-29(40)33-28(27)19-24-18-26-20-30(41)31(21(4)39)35(43)37(26,45)36(44)32(24)34(33)42/h22-36,40-46H,5-20H2,1-4H3. The molecule has 0 aromatic carbocycles. The van der Waals surface area contributed by atoms with Gasteiger partial charge in [0.2, 0.25) is 0 Å². The van der Waals surface area contributed by atoms with Crippen LogP contribution < -0.4 is 0 Å². The zero-order chi connectivity index (χ0) is 35.0. The Labute approximate surface area is 287 Å². The molecule has 16 unspecified atom stereocenters. The molecule has 278 valence electrons. The van der Waals surface area contributed by atoms with Gasteiger partial charge in [0, 0.05) is 31.0 Å². The zero-order valence-electron chi connectivity index (χ0n) is 29.8. The van der Waals surface area contributed by atoms with Crippen molar-refractivity contribution in [2.75, 3.05) is 13.2 Å². The van der Waals surface area contributed by atoms with Gasteiger partial charge in [-0.2, -0.15) is 0 Å². The number of ether oxygens (including phenoxy) is 2. The maximum absolute atomic E-state index is 12.3. The molecule has 10 heteroatoms. The number of aliphatic hydroxyl groups excluding tert-OH is 5. The van der Waals surface area contributed by atoms with Crippen molar-refractivity contribution in [3.05, 3.63) is 0 Å². The van der Waals surface area contributed by atoms with E-state index in [0.29, 0.717) is 50.2 Å². The Morgan fingerprint density at radius 2 is 1.52 bits per heavy atom. The average molecular weight is 683 g/mol. The summed E-state index contributed by atoms with van der Waals surface area (Å²) < 4.78 is 11.7. The smallest absolute Gasteiger partial charge is 0.283 e. The fourth-order valence-electron chi connectivity index (χ4n) is 11.8. The molecule has 0 aromatic heterocycles. The molecule has 0 heterocycles. The summed E-state index contributed by atoms with van der Waals surface area (Å²) in [5, 5.41) is 80.4. The van der Waals surface area contributed by atoms with E-state index in [1.54, 1.807) is 0 Å². The highest BCUT2D eigenvalue weighted by Crippen LogP contribution is 2.60. The Morgan fingerprint density at radius 3 is 2.17 bits per heavy atom. The van der Waals surface area contributed by atoms with Crippen LogP contribution in [0.4, 0.5) is 0 Å². The van der Waals surface area contributed by atoms with E-state index in [0.717, 1.165) is 64.2 Å². The van der Waals surface area contributed by atoms with Crippen molar-refractivity contribution >= 4 is 5.78 Å². The second kappa shape index (κ2) is 15.9. The van der Waals surface area contributed by atoms with Crippen LogP contribution in [-0.2, 0) is 14.3 Å². The quantitative estimate of drug-likeness (QED) is 0.112. The molecular formula is C38H66O10. The summed E-state index contributed by atoms with van der Waals surface area (Å²) >= 11 is 0. The number of Topliss-reactive ketones (excluding diaryl/α,β-unsaturated/α-hetero) is 1. The average Bonchev–Trinajstić information content (AvgIpc) is 3.02. The SMILES string of the molecule is CCCCCC(CC1CCCC(C2CCC(O)C3C(O)C4C(CC23)CC2CC(O)C(C(C)=O)C(O)C2(O)C4O)C1)C(O)(OCC)OCC. The lowest BCUT2D eigenvalue weighted by Gasteiger charge is -2.62. The van der Waals surface area contributed by atoms with Crippen LogP contribution in [0.2, 0.25) is 0 Å². The minimum absolute atomic E-state index is 0.0553. The van der Waals surface area contributed by atoms with E-state index in [4.69, 9.17) is 9.47 Å². The van der Waals surface area contributed by atoms with Gasteiger partial charge < -0.3 is 45.2 Å². The lowest BCUT2D eigenvalue weighted by atomic mass is 9.47. The molecule has 7 N–H and O–H groups in total. The number of aliphatic hydroxyl groups is 7. The first kappa shape index (κ1) is 38.5. The topological polar surface area (TPSA) is 177 Å². The minimum Gasteiger partial charge on any atom is -0.393 e. The normalized spacial score (nSPS) is 45.5. The molecule has 0 radical (unpaired) electrons. The highest BCUT2D eigenvalue weighted by molar-refractivity contribution is 5.80. The highest BCUT2D eigenvalue weighted by Gasteiger charge is 2.67. The molecule has 16 atom stereocenters. The first-order chi connectivity index (χ1) is 22.8. The van der Waals surface area contributed by atoms with Crippen LogP contribution >= 0.6 is 0 Å². The third kappa shape index (κ3) is 7.18. The summed E-state index contributed by atoms with van der Waals surface area (Å²) in [6.45, 7) is 7.96. The molecule has 5 aliphatic rings. The molecule has 0 bridgehead atoms. The summed E-state index contributed by atoms with van der Waals surface area (Å²) in [6, 6.07) is 0. The van der Waals surface area contributed by atoms with Crippen molar-refractivity contribution in [3.8, 4) is 0 Å². The highest BCUT2D eigenvalue weighted by atomic mass is 16.8. The van der Waals surface area contributed by atoms with Crippen molar-refractivity contribution in [2.45, 2.75) is 160 Å². The summed E-state index contributed by atoms with van der Waals surface area (Å²) in [7, 11) is 0. The number of unbranched alkanes of at least 4 members (excludes halogenated alkanes) is 2. The number of ketones is 1. The molecule has 5 fully saturated rings. The van der Waals surface area contributed by atoms with Gasteiger partial charge >= 0.3 is 0 Å². The van der Waals surface area contributed by atoms with Crippen molar-refractivity contribution in [2.24, 2.45) is 59.2 Å². The van der Waals surface area contributed by atoms with Gasteiger partial charge in [-0.1, -0.05) is 45.4 Å². The second-order valence-corrected chi connectivity index (χ2v) is 16.5. The number of rotatable bonds is 13. The molecular weight excluding hydrogens is 616 g/mol. The van der Waals surface area contributed by atoms with E-state index < -0.39 is 71.5 Å². The number of hydrogen-bond acceptors (Lipinski definition) is 10. The molecule has 0 spiro atoms. The van der Waals surface area contributed by atoms with Crippen LogP contribution in [0.5, 0.6) is 0 Å². The monoisotopic (exact) mass is 682 g/mol. The van der Waals surface area contributed by atoms with Gasteiger partial charge in [0.25, 0.3) is 5.97 Å². The molecule has 5 aliphatic carbocycles. The Balaban J connectivity index is 1.34. The summed E-state index contributed by atoms with van der Waals surface area (Å²) in [5.41, 5.74) is -2.02. The number of carbonyl (C=O) groups excluding carboxylic acids is 1. The number of fused-ring (bicyclic) bond motifs is 3. The molecule has 5 rings (SSSR count). The van der Waals surface area contributed by atoms with E-state index in [9.17, 15) is 40.5 Å². The maximum atomic E-state index is 12.3. The van der Waals surface area contributed by atoms with Crippen molar-refractivity contribution in [1.29, 1.82) is 0 Å². The van der Waals surface area contributed by atoms with Gasteiger partial charge in [-0.05, 0) is 108 Å². The Kier molecular flexibility index (Phi) is 12.8. The van der Waals surface area contributed by atoms with Crippen LogP contribution in [-0.4, -0.2) is 96.8 Å².